The van der Waals surface area contributed by atoms with Gasteiger partial charge in [-0.05, 0) is 43.9 Å². The molecule has 2 fully saturated rings. The standard InChI is InChI=1S/C19H29N5O2/c20-11-18(25)23-9-5-17(6-10-23)24-8-2-4-16(14-24)19(26)22-13-15-3-1-7-21-12-15/h1,3,7,12,16-17H,2,4-6,8-11,13-14,20H2,(H,22,26)/t16-/m0/s1. The zero-order chi connectivity index (χ0) is 18.4. The van der Waals surface area contributed by atoms with E-state index in [4.69, 9.17) is 5.73 Å². The van der Waals surface area contributed by atoms with Crippen molar-refractivity contribution < 1.29 is 9.59 Å². The van der Waals surface area contributed by atoms with Gasteiger partial charge in [-0.15, -0.1) is 0 Å². The zero-order valence-electron chi connectivity index (χ0n) is 15.3. The van der Waals surface area contributed by atoms with E-state index < -0.39 is 0 Å². The number of rotatable bonds is 5. The molecule has 1 atom stereocenters. The summed E-state index contributed by atoms with van der Waals surface area (Å²) < 4.78 is 0. The van der Waals surface area contributed by atoms with Crippen molar-refractivity contribution in [2.24, 2.45) is 11.7 Å². The zero-order valence-corrected chi connectivity index (χ0v) is 15.3. The van der Waals surface area contributed by atoms with Gasteiger partial charge in [0.25, 0.3) is 0 Å². The smallest absolute Gasteiger partial charge is 0.236 e. The Balaban J connectivity index is 1.46. The lowest BCUT2D eigenvalue weighted by Crippen LogP contribution is -2.52. The lowest BCUT2D eigenvalue weighted by atomic mass is 9.93. The van der Waals surface area contributed by atoms with Gasteiger partial charge in [-0.3, -0.25) is 19.5 Å². The van der Waals surface area contributed by atoms with Crippen LogP contribution in [0.25, 0.3) is 0 Å². The third-order valence-corrected chi connectivity index (χ3v) is 5.52. The van der Waals surface area contributed by atoms with Gasteiger partial charge in [0.15, 0.2) is 0 Å². The second-order valence-corrected chi connectivity index (χ2v) is 7.23. The van der Waals surface area contributed by atoms with Crippen LogP contribution in [-0.4, -0.2) is 65.4 Å². The summed E-state index contributed by atoms with van der Waals surface area (Å²) in [5.74, 6) is 0.216. The Bertz CT molecular complexity index is 601. The minimum Gasteiger partial charge on any atom is -0.352 e. The van der Waals surface area contributed by atoms with E-state index >= 15 is 0 Å². The molecule has 0 aromatic carbocycles. The summed E-state index contributed by atoms with van der Waals surface area (Å²) >= 11 is 0. The van der Waals surface area contributed by atoms with Gasteiger partial charge in [-0.2, -0.15) is 0 Å². The third-order valence-electron chi connectivity index (χ3n) is 5.52. The number of nitrogens with zero attached hydrogens (tertiary/aromatic N) is 3. The maximum absolute atomic E-state index is 12.6. The number of hydrogen-bond acceptors (Lipinski definition) is 5. The monoisotopic (exact) mass is 359 g/mol. The van der Waals surface area contributed by atoms with E-state index in [9.17, 15) is 9.59 Å². The van der Waals surface area contributed by atoms with Gasteiger partial charge in [-0.25, -0.2) is 0 Å². The molecule has 1 aromatic heterocycles. The fourth-order valence-corrected chi connectivity index (χ4v) is 4.00. The minimum absolute atomic E-state index is 0.0368. The molecule has 3 N–H and O–H groups in total. The molecule has 0 saturated carbocycles. The molecule has 2 saturated heterocycles. The maximum atomic E-state index is 12.6. The quantitative estimate of drug-likeness (QED) is 0.792. The Kier molecular flexibility index (Phi) is 6.57. The van der Waals surface area contributed by atoms with Gasteiger partial charge in [0.05, 0.1) is 12.5 Å². The van der Waals surface area contributed by atoms with Crippen molar-refractivity contribution in [3.8, 4) is 0 Å². The average molecular weight is 359 g/mol. The highest BCUT2D eigenvalue weighted by molar-refractivity contribution is 5.79. The number of carbonyl (C=O) groups is 2. The number of carbonyl (C=O) groups excluding carboxylic acids is 2. The molecule has 2 aliphatic heterocycles. The van der Waals surface area contributed by atoms with Crippen LogP contribution in [0.3, 0.4) is 0 Å². The second-order valence-electron chi connectivity index (χ2n) is 7.23. The largest absolute Gasteiger partial charge is 0.352 e. The van der Waals surface area contributed by atoms with Gasteiger partial charge in [0, 0.05) is 44.6 Å². The van der Waals surface area contributed by atoms with E-state index in [0.717, 1.165) is 57.4 Å². The first-order chi connectivity index (χ1) is 12.7. The van der Waals surface area contributed by atoms with Gasteiger partial charge < -0.3 is 16.0 Å². The number of likely N-dealkylation sites (tertiary alicyclic amines) is 2. The maximum Gasteiger partial charge on any atom is 0.236 e. The molecule has 0 aliphatic carbocycles. The summed E-state index contributed by atoms with van der Waals surface area (Å²) in [4.78, 5) is 32.6. The van der Waals surface area contributed by atoms with E-state index in [0.29, 0.717) is 12.6 Å². The number of nitrogens with one attached hydrogen (secondary N) is 1. The molecule has 3 rings (SSSR count). The molecule has 1 aromatic rings. The van der Waals surface area contributed by atoms with Crippen LogP contribution in [0.1, 0.15) is 31.2 Å². The summed E-state index contributed by atoms with van der Waals surface area (Å²) in [6.45, 7) is 4.02. The number of piperidine rings is 2. The first-order valence-corrected chi connectivity index (χ1v) is 9.56. The van der Waals surface area contributed by atoms with Crippen molar-refractivity contribution in [2.45, 2.75) is 38.3 Å². The van der Waals surface area contributed by atoms with Crippen LogP contribution in [-0.2, 0) is 16.1 Å². The Morgan fingerprint density at radius 2 is 2.04 bits per heavy atom. The van der Waals surface area contributed by atoms with E-state index in [1.165, 1.54) is 0 Å². The highest BCUT2D eigenvalue weighted by Crippen LogP contribution is 2.24. The molecule has 142 valence electrons. The van der Waals surface area contributed by atoms with E-state index in [1.807, 2.05) is 17.0 Å². The van der Waals surface area contributed by atoms with Gasteiger partial charge in [0.2, 0.25) is 11.8 Å². The van der Waals surface area contributed by atoms with Crippen LogP contribution in [0.4, 0.5) is 0 Å². The van der Waals surface area contributed by atoms with Crippen molar-refractivity contribution in [3.05, 3.63) is 30.1 Å². The van der Waals surface area contributed by atoms with Crippen molar-refractivity contribution >= 4 is 11.8 Å². The molecule has 0 bridgehead atoms. The van der Waals surface area contributed by atoms with E-state index in [2.05, 4.69) is 15.2 Å². The first-order valence-electron chi connectivity index (χ1n) is 9.56. The van der Waals surface area contributed by atoms with Crippen LogP contribution in [0.5, 0.6) is 0 Å². The number of nitrogens with two attached hydrogens (primary N) is 1. The normalized spacial score (nSPS) is 22.2. The van der Waals surface area contributed by atoms with Crippen LogP contribution in [0.15, 0.2) is 24.5 Å². The molecule has 0 radical (unpaired) electrons. The Morgan fingerprint density at radius 3 is 2.73 bits per heavy atom. The topological polar surface area (TPSA) is 91.6 Å². The summed E-state index contributed by atoms with van der Waals surface area (Å²) in [5.41, 5.74) is 6.47. The van der Waals surface area contributed by atoms with Gasteiger partial charge in [-0.1, -0.05) is 6.07 Å². The van der Waals surface area contributed by atoms with E-state index in [-0.39, 0.29) is 24.3 Å². The molecule has 7 nitrogen and oxygen atoms in total. The minimum atomic E-state index is 0.0368. The van der Waals surface area contributed by atoms with Crippen molar-refractivity contribution in [1.82, 2.24) is 20.1 Å². The van der Waals surface area contributed by atoms with Crippen LogP contribution in [0, 0.1) is 5.92 Å². The van der Waals surface area contributed by atoms with E-state index in [1.54, 1.807) is 12.4 Å². The van der Waals surface area contributed by atoms with Gasteiger partial charge >= 0.3 is 0 Å². The fourth-order valence-electron chi connectivity index (χ4n) is 4.00. The van der Waals surface area contributed by atoms with Crippen molar-refractivity contribution in [2.75, 3.05) is 32.7 Å². The molecule has 0 unspecified atom stereocenters. The third kappa shape index (κ3) is 4.80. The predicted molar refractivity (Wildman–Crippen MR) is 99.0 cm³/mol. The first kappa shape index (κ1) is 18.8. The van der Waals surface area contributed by atoms with Crippen LogP contribution >= 0.6 is 0 Å². The summed E-state index contributed by atoms with van der Waals surface area (Å²) in [7, 11) is 0. The summed E-state index contributed by atoms with van der Waals surface area (Å²) in [5, 5.41) is 3.05. The van der Waals surface area contributed by atoms with Crippen LogP contribution < -0.4 is 11.1 Å². The van der Waals surface area contributed by atoms with Crippen molar-refractivity contribution in [1.29, 1.82) is 0 Å². The number of hydrogen-bond donors (Lipinski definition) is 2. The number of amides is 2. The molecule has 0 spiro atoms. The molecule has 2 amide bonds. The van der Waals surface area contributed by atoms with Gasteiger partial charge in [0.1, 0.15) is 0 Å². The molecule has 3 heterocycles. The SMILES string of the molecule is NCC(=O)N1CCC(N2CCC[C@H](C(=O)NCc3cccnc3)C2)CC1. The second kappa shape index (κ2) is 9.09. The van der Waals surface area contributed by atoms with Crippen LogP contribution in [0.2, 0.25) is 0 Å². The fraction of sp³-hybridized carbons (Fsp3) is 0.632. The number of pyridine rings is 1. The number of aromatic nitrogens is 1. The Labute approximate surface area is 154 Å². The molecular weight excluding hydrogens is 330 g/mol. The summed E-state index contributed by atoms with van der Waals surface area (Å²) in [6.07, 6.45) is 7.44. The lowest BCUT2D eigenvalue weighted by Gasteiger charge is -2.42. The Morgan fingerprint density at radius 1 is 1.23 bits per heavy atom. The molecule has 26 heavy (non-hydrogen) atoms. The highest BCUT2D eigenvalue weighted by Gasteiger charge is 2.32. The highest BCUT2D eigenvalue weighted by atomic mass is 16.2. The Hall–Kier alpha value is -1.99. The molecular formula is C19H29N5O2. The molecule has 7 heteroatoms. The van der Waals surface area contributed by atoms with Crippen molar-refractivity contribution in [3.63, 3.8) is 0 Å². The average Bonchev–Trinajstić information content (AvgIpc) is 2.72. The molecule has 2 aliphatic rings. The predicted octanol–water partition coefficient (Wildman–Crippen LogP) is 0.360. The summed E-state index contributed by atoms with van der Waals surface area (Å²) in [6, 6.07) is 4.31. The lowest BCUT2D eigenvalue weighted by molar-refractivity contribution is -0.131.